The summed E-state index contributed by atoms with van der Waals surface area (Å²) >= 11 is 0. The zero-order valence-electron chi connectivity index (χ0n) is 10.3. The van der Waals surface area contributed by atoms with E-state index in [-0.39, 0.29) is 5.91 Å². The summed E-state index contributed by atoms with van der Waals surface area (Å²) in [5, 5.41) is 9.45. The van der Waals surface area contributed by atoms with Crippen LogP contribution in [0, 0.1) is 16.7 Å². The van der Waals surface area contributed by atoms with Gasteiger partial charge in [-0.1, -0.05) is 37.8 Å². The molecule has 1 heterocycles. The molecule has 0 aromatic carbocycles. The van der Waals surface area contributed by atoms with Gasteiger partial charge in [0.25, 0.3) is 0 Å². The van der Waals surface area contributed by atoms with Gasteiger partial charge < -0.3 is 4.90 Å². The van der Waals surface area contributed by atoms with E-state index >= 15 is 0 Å². The third-order valence-electron chi connectivity index (χ3n) is 3.93. The number of rotatable bonds is 1. The van der Waals surface area contributed by atoms with Crippen LogP contribution in [0.5, 0.6) is 0 Å². The summed E-state index contributed by atoms with van der Waals surface area (Å²) in [7, 11) is 0. The number of nitriles is 1. The maximum Gasteiger partial charge on any atom is 0.243 e. The van der Waals surface area contributed by atoms with Gasteiger partial charge in [0, 0.05) is 13.1 Å². The first-order valence-corrected chi connectivity index (χ1v) is 6.64. The number of nitrogens with zero attached hydrogens (tertiary/aromatic N) is 2. The molecule has 0 N–H and O–H groups in total. The molecule has 3 nitrogen and oxygen atoms in total. The minimum Gasteiger partial charge on any atom is -0.337 e. The predicted molar refractivity (Wildman–Crippen MR) is 66.1 cm³/mol. The van der Waals surface area contributed by atoms with Crippen LogP contribution in [-0.2, 0) is 4.79 Å². The Morgan fingerprint density at radius 2 is 1.88 bits per heavy atom. The first-order chi connectivity index (χ1) is 8.28. The summed E-state index contributed by atoms with van der Waals surface area (Å²) in [6.07, 6.45) is 10.9. The molecular formula is C14H20N2O. The molecule has 0 unspecified atom stereocenters. The first-order valence-electron chi connectivity index (χ1n) is 6.64. The zero-order valence-corrected chi connectivity index (χ0v) is 10.3. The average Bonchev–Trinajstić information content (AvgIpc) is 2.65. The highest BCUT2D eigenvalue weighted by molar-refractivity contribution is 5.85. The van der Waals surface area contributed by atoms with Crippen LogP contribution < -0.4 is 0 Å². The normalized spacial score (nSPS) is 23.8. The fourth-order valence-electron chi connectivity index (χ4n) is 2.83. The molecule has 0 bridgehead atoms. The fraction of sp³-hybridized carbons (Fsp3) is 0.714. The lowest BCUT2D eigenvalue weighted by Crippen LogP contribution is -2.44. The minimum atomic E-state index is -0.721. The molecule has 1 aliphatic carbocycles. The van der Waals surface area contributed by atoms with Crippen molar-refractivity contribution in [3.63, 3.8) is 0 Å². The van der Waals surface area contributed by atoms with Crippen LogP contribution in [0.25, 0.3) is 0 Å². The summed E-state index contributed by atoms with van der Waals surface area (Å²) in [4.78, 5) is 14.4. The van der Waals surface area contributed by atoms with E-state index in [9.17, 15) is 10.1 Å². The molecule has 2 rings (SSSR count). The smallest absolute Gasteiger partial charge is 0.243 e. The molecule has 1 amide bonds. The van der Waals surface area contributed by atoms with E-state index in [1.807, 2.05) is 11.0 Å². The van der Waals surface area contributed by atoms with E-state index in [4.69, 9.17) is 0 Å². The Labute approximate surface area is 103 Å². The van der Waals surface area contributed by atoms with Crippen molar-refractivity contribution < 1.29 is 4.79 Å². The Morgan fingerprint density at radius 1 is 1.18 bits per heavy atom. The molecule has 1 fully saturated rings. The summed E-state index contributed by atoms with van der Waals surface area (Å²) in [6.45, 7) is 1.46. The number of hydrogen-bond acceptors (Lipinski definition) is 2. The van der Waals surface area contributed by atoms with Gasteiger partial charge in [-0.2, -0.15) is 5.26 Å². The molecule has 3 heteroatoms. The maximum atomic E-state index is 12.5. The van der Waals surface area contributed by atoms with Crippen molar-refractivity contribution in [2.45, 2.75) is 44.9 Å². The second kappa shape index (κ2) is 5.35. The highest BCUT2D eigenvalue weighted by atomic mass is 16.2. The molecule has 0 saturated heterocycles. The summed E-state index contributed by atoms with van der Waals surface area (Å²) in [5.41, 5.74) is -0.721. The lowest BCUT2D eigenvalue weighted by atomic mass is 9.80. The van der Waals surface area contributed by atoms with Gasteiger partial charge in [0.15, 0.2) is 0 Å². The van der Waals surface area contributed by atoms with Crippen molar-refractivity contribution in [2.24, 2.45) is 5.41 Å². The molecule has 1 aliphatic heterocycles. The fourth-order valence-corrected chi connectivity index (χ4v) is 2.83. The Morgan fingerprint density at radius 3 is 2.41 bits per heavy atom. The van der Waals surface area contributed by atoms with Crippen LogP contribution in [-0.4, -0.2) is 23.9 Å². The number of amides is 1. The Balaban J connectivity index is 2.13. The molecule has 0 spiro atoms. The molecule has 2 aliphatic rings. The zero-order chi connectivity index (χ0) is 12.1. The molecule has 0 aromatic rings. The highest BCUT2D eigenvalue weighted by Gasteiger charge is 2.41. The number of carbonyl (C=O) groups excluding carboxylic acids is 1. The van der Waals surface area contributed by atoms with Gasteiger partial charge in [-0.25, -0.2) is 0 Å². The molecule has 92 valence electrons. The molecule has 1 saturated carbocycles. The lowest BCUT2D eigenvalue weighted by molar-refractivity contribution is -0.139. The van der Waals surface area contributed by atoms with E-state index < -0.39 is 5.41 Å². The van der Waals surface area contributed by atoms with Crippen molar-refractivity contribution in [1.29, 1.82) is 5.26 Å². The topological polar surface area (TPSA) is 44.1 Å². The van der Waals surface area contributed by atoms with Crippen LogP contribution >= 0.6 is 0 Å². The molecule has 0 radical (unpaired) electrons. The quantitative estimate of drug-likeness (QED) is 0.515. The number of hydrogen-bond donors (Lipinski definition) is 0. The monoisotopic (exact) mass is 232 g/mol. The first kappa shape index (κ1) is 12.2. The maximum absolute atomic E-state index is 12.5. The van der Waals surface area contributed by atoms with Gasteiger partial charge in [0.1, 0.15) is 5.41 Å². The minimum absolute atomic E-state index is 0.0752. The van der Waals surface area contributed by atoms with Crippen LogP contribution in [0.3, 0.4) is 0 Å². The molecule has 0 aromatic heterocycles. The van der Waals surface area contributed by atoms with Crippen molar-refractivity contribution in [3.8, 4) is 6.07 Å². The number of carbonyl (C=O) groups is 1. The van der Waals surface area contributed by atoms with Crippen molar-refractivity contribution in [1.82, 2.24) is 4.90 Å². The van der Waals surface area contributed by atoms with Gasteiger partial charge in [-0.05, 0) is 19.3 Å². The third kappa shape index (κ3) is 2.52. The van der Waals surface area contributed by atoms with Crippen molar-refractivity contribution in [3.05, 3.63) is 12.2 Å². The Hall–Kier alpha value is -1.30. The van der Waals surface area contributed by atoms with Gasteiger partial charge in [0.2, 0.25) is 5.91 Å². The summed E-state index contributed by atoms with van der Waals surface area (Å²) in [5.74, 6) is 0.0752. The second-order valence-corrected chi connectivity index (χ2v) is 5.12. The Kier molecular flexibility index (Phi) is 3.83. The largest absolute Gasteiger partial charge is 0.337 e. The van der Waals surface area contributed by atoms with E-state index in [1.165, 1.54) is 0 Å². The lowest BCUT2D eigenvalue weighted by Gasteiger charge is -2.32. The molecular weight excluding hydrogens is 212 g/mol. The van der Waals surface area contributed by atoms with Crippen molar-refractivity contribution >= 4 is 5.91 Å². The standard InChI is InChI=1S/C14H20N2O/c15-12-14(8-4-1-2-5-9-14)13(17)16-10-6-3-7-11-16/h3,6H,1-2,4-5,7-11H2. The molecule has 17 heavy (non-hydrogen) atoms. The SMILES string of the molecule is N#CC1(C(=O)N2CC=CCC2)CCCCCC1. The van der Waals surface area contributed by atoms with E-state index in [0.29, 0.717) is 6.54 Å². The van der Waals surface area contributed by atoms with Gasteiger partial charge in [0.05, 0.1) is 6.07 Å². The van der Waals surface area contributed by atoms with E-state index in [2.05, 4.69) is 12.1 Å². The van der Waals surface area contributed by atoms with Crippen LogP contribution in [0.15, 0.2) is 12.2 Å². The predicted octanol–water partition coefficient (Wildman–Crippen LogP) is 2.64. The highest BCUT2D eigenvalue weighted by Crippen LogP contribution is 2.36. The van der Waals surface area contributed by atoms with Gasteiger partial charge in [-0.3, -0.25) is 4.79 Å². The Bertz CT molecular complexity index is 346. The second-order valence-electron chi connectivity index (χ2n) is 5.12. The van der Waals surface area contributed by atoms with Crippen LogP contribution in [0.4, 0.5) is 0 Å². The molecule has 0 atom stereocenters. The van der Waals surface area contributed by atoms with Crippen LogP contribution in [0.1, 0.15) is 44.9 Å². The van der Waals surface area contributed by atoms with Crippen molar-refractivity contribution in [2.75, 3.05) is 13.1 Å². The van der Waals surface area contributed by atoms with Gasteiger partial charge >= 0.3 is 0 Å². The van der Waals surface area contributed by atoms with Gasteiger partial charge in [-0.15, -0.1) is 0 Å². The summed E-state index contributed by atoms with van der Waals surface area (Å²) < 4.78 is 0. The third-order valence-corrected chi connectivity index (χ3v) is 3.93. The van der Waals surface area contributed by atoms with Crippen LogP contribution in [0.2, 0.25) is 0 Å². The van der Waals surface area contributed by atoms with E-state index in [0.717, 1.165) is 51.5 Å². The summed E-state index contributed by atoms with van der Waals surface area (Å²) in [6, 6.07) is 2.34. The van der Waals surface area contributed by atoms with E-state index in [1.54, 1.807) is 0 Å². The average molecular weight is 232 g/mol.